The van der Waals surface area contributed by atoms with E-state index in [1.165, 1.54) is 11.3 Å². The highest BCUT2D eigenvalue weighted by molar-refractivity contribution is 7.20. The molecule has 1 aromatic carbocycles. The molecule has 0 atom stereocenters. The summed E-state index contributed by atoms with van der Waals surface area (Å²) in [6.07, 6.45) is 0.752. The zero-order chi connectivity index (χ0) is 10.1. The summed E-state index contributed by atoms with van der Waals surface area (Å²) in [5.74, 6) is 0. The molecule has 2 aromatic rings. The Kier molecular flexibility index (Phi) is 2.24. The van der Waals surface area contributed by atoms with Gasteiger partial charge in [0.25, 0.3) is 0 Å². The summed E-state index contributed by atoms with van der Waals surface area (Å²) in [7, 11) is 0. The zero-order valence-electron chi connectivity index (χ0n) is 6.95. The highest BCUT2D eigenvalue weighted by atomic mass is 35.5. The van der Waals surface area contributed by atoms with Crippen LogP contribution >= 0.6 is 22.9 Å². The number of nitriles is 1. The lowest BCUT2D eigenvalue weighted by atomic mass is 10.1. The van der Waals surface area contributed by atoms with Crippen molar-refractivity contribution in [3.63, 3.8) is 0 Å². The van der Waals surface area contributed by atoms with Crippen molar-refractivity contribution in [2.24, 2.45) is 0 Å². The van der Waals surface area contributed by atoms with Crippen LogP contribution in [0.1, 0.15) is 15.2 Å². The molecule has 0 aliphatic heterocycles. The van der Waals surface area contributed by atoms with E-state index in [1.807, 2.05) is 12.1 Å². The number of nitrogens with zero attached hydrogens (tertiary/aromatic N) is 1. The van der Waals surface area contributed by atoms with Gasteiger partial charge in [-0.15, -0.1) is 11.3 Å². The second-order valence-electron chi connectivity index (χ2n) is 2.70. The first kappa shape index (κ1) is 9.20. The van der Waals surface area contributed by atoms with Gasteiger partial charge in [-0.3, -0.25) is 4.79 Å². The van der Waals surface area contributed by atoms with Crippen LogP contribution in [0.5, 0.6) is 0 Å². The van der Waals surface area contributed by atoms with Crippen molar-refractivity contribution in [1.82, 2.24) is 0 Å². The van der Waals surface area contributed by atoms with Crippen LogP contribution < -0.4 is 0 Å². The third kappa shape index (κ3) is 1.20. The number of carbonyl (C=O) groups excluding carboxylic acids is 1. The van der Waals surface area contributed by atoms with Crippen molar-refractivity contribution in [2.45, 2.75) is 0 Å². The summed E-state index contributed by atoms with van der Waals surface area (Å²) < 4.78 is 0.871. The SMILES string of the molecule is N#Cc1sc2cccc(C=O)c2c1Cl. The molecular weight excluding hydrogens is 218 g/mol. The van der Waals surface area contributed by atoms with Gasteiger partial charge in [0.1, 0.15) is 10.9 Å². The first-order chi connectivity index (χ1) is 6.77. The number of rotatable bonds is 1. The van der Waals surface area contributed by atoms with Crippen LogP contribution in [0, 0.1) is 11.3 Å². The number of benzene rings is 1. The molecule has 0 fully saturated rings. The normalized spacial score (nSPS) is 10.0. The molecule has 2 nitrogen and oxygen atoms in total. The molecule has 0 saturated carbocycles. The Morgan fingerprint density at radius 2 is 2.29 bits per heavy atom. The average Bonchev–Trinajstić information content (AvgIpc) is 2.55. The molecule has 0 bridgehead atoms. The molecule has 0 amide bonds. The van der Waals surface area contributed by atoms with E-state index in [0.29, 0.717) is 20.8 Å². The maximum absolute atomic E-state index is 10.7. The van der Waals surface area contributed by atoms with Gasteiger partial charge in [0.05, 0.1) is 5.02 Å². The molecule has 68 valence electrons. The van der Waals surface area contributed by atoms with Gasteiger partial charge in [0.15, 0.2) is 6.29 Å². The Hall–Kier alpha value is -1.37. The highest BCUT2D eigenvalue weighted by Gasteiger charge is 2.12. The quantitative estimate of drug-likeness (QED) is 0.694. The molecule has 2 rings (SSSR count). The van der Waals surface area contributed by atoms with Gasteiger partial charge in [-0.1, -0.05) is 23.7 Å². The van der Waals surface area contributed by atoms with Gasteiger partial charge in [-0.05, 0) is 6.07 Å². The van der Waals surface area contributed by atoms with Crippen molar-refractivity contribution < 1.29 is 4.79 Å². The lowest BCUT2D eigenvalue weighted by Gasteiger charge is -1.93. The predicted molar refractivity (Wildman–Crippen MR) is 56.9 cm³/mol. The molecule has 0 saturated heterocycles. The molecule has 0 aliphatic carbocycles. The van der Waals surface area contributed by atoms with E-state index in [1.54, 1.807) is 12.1 Å². The van der Waals surface area contributed by atoms with Crippen LogP contribution in [0.25, 0.3) is 10.1 Å². The monoisotopic (exact) mass is 221 g/mol. The van der Waals surface area contributed by atoms with Gasteiger partial charge in [0, 0.05) is 15.6 Å². The highest BCUT2D eigenvalue weighted by Crippen LogP contribution is 2.36. The largest absolute Gasteiger partial charge is 0.298 e. The van der Waals surface area contributed by atoms with E-state index in [2.05, 4.69) is 0 Å². The number of halogens is 1. The standard InChI is InChI=1S/C10H4ClNOS/c11-10-8(4-12)14-7-3-1-2-6(5-13)9(7)10/h1-3,5H. The minimum atomic E-state index is 0.384. The van der Waals surface area contributed by atoms with E-state index in [0.717, 1.165) is 11.0 Å². The first-order valence-electron chi connectivity index (χ1n) is 3.84. The molecule has 1 heterocycles. The Morgan fingerprint density at radius 1 is 1.50 bits per heavy atom. The van der Waals surface area contributed by atoms with Crippen molar-refractivity contribution in [2.75, 3.05) is 0 Å². The van der Waals surface area contributed by atoms with Gasteiger partial charge in [-0.25, -0.2) is 0 Å². The van der Waals surface area contributed by atoms with Crippen molar-refractivity contribution >= 4 is 39.3 Å². The maximum Gasteiger partial charge on any atom is 0.150 e. The zero-order valence-corrected chi connectivity index (χ0v) is 8.52. The number of carbonyl (C=O) groups is 1. The fraction of sp³-hybridized carbons (Fsp3) is 0. The minimum Gasteiger partial charge on any atom is -0.298 e. The summed E-state index contributed by atoms with van der Waals surface area (Å²) in [5, 5.41) is 9.84. The summed E-state index contributed by atoms with van der Waals surface area (Å²) in [4.78, 5) is 11.2. The smallest absolute Gasteiger partial charge is 0.150 e. The lowest BCUT2D eigenvalue weighted by molar-refractivity contribution is 0.112. The van der Waals surface area contributed by atoms with E-state index in [9.17, 15) is 4.79 Å². The number of fused-ring (bicyclic) bond motifs is 1. The number of thiophene rings is 1. The molecule has 0 N–H and O–H groups in total. The predicted octanol–water partition coefficient (Wildman–Crippen LogP) is 3.24. The Bertz CT molecular complexity index is 553. The van der Waals surface area contributed by atoms with Crippen LogP contribution in [-0.2, 0) is 0 Å². The molecule has 1 aromatic heterocycles. The molecule has 4 heteroatoms. The van der Waals surface area contributed by atoms with Crippen LogP contribution in [-0.4, -0.2) is 6.29 Å². The van der Waals surface area contributed by atoms with E-state index < -0.39 is 0 Å². The number of hydrogen-bond donors (Lipinski definition) is 0. The van der Waals surface area contributed by atoms with Gasteiger partial charge in [-0.2, -0.15) is 5.26 Å². The van der Waals surface area contributed by atoms with Gasteiger partial charge >= 0.3 is 0 Å². The van der Waals surface area contributed by atoms with Crippen LogP contribution in [0.3, 0.4) is 0 Å². The summed E-state index contributed by atoms with van der Waals surface area (Å²) in [6, 6.07) is 7.32. The summed E-state index contributed by atoms with van der Waals surface area (Å²) >= 11 is 7.27. The third-order valence-corrected chi connectivity index (χ3v) is 3.47. The first-order valence-corrected chi connectivity index (χ1v) is 5.03. The van der Waals surface area contributed by atoms with Crippen molar-refractivity contribution in [3.8, 4) is 6.07 Å². The Balaban J connectivity index is 2.94. The van der Waals surface area contributed by atoms with Gasteiger partial charge < -0.3 is 0 Å². The van der Waals surface area contributed by atoms with Gasteiger partial charge in [0.2, 0.25) is 0 Å². The van der Waals surface area contributed by atoms with E-state index >= 15 is 0 Å². The van der Waals surface area contributed by atoms with Crippen molar-refractivity contribution in [3.05, 3.63) is 33.7 Å². The lowest BCUT2D eigenvalue weighted by Crippen LogP contribution is -1.79. The van der Waals surface area contributed by atoms with E-state index in [4.69, 9.17) is 16.9 Å². The van der Waals surface area contributed by atoms with Crippen LogP contribution in [0.15, 0.2) is 18.2 Å². The molecule has 14 heavy (non-hydrogen) atoms. The Labute approximate surface area is 89.3 Å². The second kappa shape index (κ2) is 3.41. The van der Waals surface area contributed by atoms with Crippen molar-refractivity contribution in [1.29, 1.82) is 5.26 Å². The topological polar surface area (TPSA) is 40.9 Å². The van der Waals surface area contributed by atoms with E-state index in [-0.39, 0.29) is 0 Å². The Morgan fingerprint density at radius 3 is 2.93 bits per heavy atom. The molecule has 0 spiro atoms. The molecule has 0 radical (unpaired) electrons. The molecule has 0 unspecified atom stereocenters. The van der Waals surface area contributed by atoms with Crippen LogP contribution in [0.4, 0.5) is 0 Å². The fourth-order valence-electron chi connectivity index (χ4n) is 1.31. The molecular formula is C10H4ClNOS. The number of aldehydes is 1. The summed E-state index contributed by atoms with van der Waals surface area (Å²) in [5.41, 5.74) is 0.533. The second-order valence-corrected chi connectivity index (χ2v) is 4.13. The minimum absolute atomic E-state index is 0.384. The third-order valence-electron chi connectivity index (χ3n) is 1.92. The number of hydrogen-bond acceptors (Lipinski definition) is 3. The maximum atomic E-state index is 10.7. The fourth-order valence-corrected chi connectivity index (χ4v) is 2.66. The summed E-state index contributed by atoms with van der Waals surface area (Å²) in [6.45, 7) is 0. The molecule has 0 aliphatic rings. The average molecular weight is 222 g/mol. The van der Waals surface area contributed by atoms with Crippen LogP contribution in [0.2, 0.25) is 5.02 Å².